The molecule has 0 radical (unpaired) electrons. The molecule has 0 saturated carbocycles. The van der Waals surface area contributed by atoms with E-state index in [1.165, 1.54) is 0 Å². The number of nitrogens with zero attached hydrogens (tertiary/aromatic N) is 2. The van der Waals surface area contributed by atoms with Gasteiger partial charge in [-0.15, -0.1) is 0 Å². The molecule has 1 amide bonds. The van der Waals surface area contributed by atoms with E-state index >= 15 is 0 Å². The number of carbonyl (C=O) groups excluding carboxylic acids is 1. The summed E-state index contributed by atoms with van der Waals surface area (Å²) in [4.78, 5) is 20.1. The molecule has 2 N–H and O–H groups in total. The number of hydrogen-bond donors (Lipinski definition) is 2. The van der Waals surface area contributed by atoms with Gasteiger partial charge in [0.2, 0.25) is 0 Å². The van der Waals surface area contributed by atoms with E-state index in [4.69, 9.17) is 9.84 Å². The van der Waals surface area contributed by atoms with Gasteiger partial charge in [0.05, 0.1) is 12.3 Å². The zero-order chi connectivity index (χ0) is 16.2. The molecule has 0 bridgehead atoms. The first-order valence-electron chi connectivity index (χ1n) is 6.90. The second-order valence-corrected chi connectivity index (χ2v) is 5.73. The molecule has 6 nitrogen and oxygen atoms in total. The molecule has 2 rings (SSSR count). The van der Waals surface area contributed by atoms with Crippen LogP contribution >= 0.6 is 0 Å². The van der Waals surface area contributed by atoms with Gasteiger partial charge in [-0.05, 0) is 51.1 Å². The average Bonchev–Trinajstić information content (AvgIpc) is 2.46. The molecule has 0 aliphatic carbocycles. The minimum atomic E-state index is -0.539. The van der Waals surface area contributed by atoms with Crippen molar-refractivity contribution < 1.29 is 14.6 Å². The fourth-order valence-electron chi connectivity index (χ4n) is 1.75. The molecule has 0 fully saturated rings. The summed E-state index contributed by atoms with van der Waals surface area (Å²) in [6.07, 6.45) is 1.10. The van der Waals surface area contributed by atoms with E-state index in [9.17, 15) is 4.79 Å². The van der Waals surface area contributed by atoms with Crippen molar-refractivity contribution in [2.45, 2.75) is 33.0 Å². The van der Waals surface area contributed by atoms with Gasteiger partial charge in [-0.2, -0.15) is 0 Å². The lowest BCUT2D eigenvalue weighted by atomic mass is 10.2. The molecule has 0 unspecified atom stereocenters. The number of ether oxygens (including phenoxy) is 1. The Bertz CT molecular complexity index is 648. The second-order valence-electron chi connectivity index (χ2n) is 5.73. The third-order valence-electron chi connectivity index (χ3n) is 2.66. The number of anilines is 1. The Kier molecular flexibility index (Phi) is 4.72. The van der Waals surface area contributed by atoms with E-state index in [1.54, 1.807) is 57.3 Å². The maximum Gasteiger partial charge on any atom is 0.412 e. The van der Waals surface area contributed by atoms with Gasteiger partial charge in [0.25, 0.3) is 0 Å². The Balaban J connectivity index is 2.08. The predicted octanol–water partition coefficient (Wildman–Crippen LogP) is 2.98. The van der Waals surface area contributed by atoms with Crippen molar-refractivity contribution in [1.29, 1.82) is 0 Å². The van der Waals surface area contributed by atoms with Crippen LogP contribution in [0.15, 0.2) is 36.5 Å². The van der Waals surface area contributed by atoms with Crippen LogP contribution in [0.25, 0.3) is 11.4 Å². The number of benzene rings is 1. The second kappa shape index (κ2) is 6.53. The van der Waals surface area contributed by atoms with E-state index in [0.717, 1.165) is 5.56 Å². The summed E-state index contributed by atoms with van der Waals surface area (Å²) in [5.74, 6) is 0.523. The van der Waals surface area contributed by atoms with Gasteiger partial charge >= 0.3 is 6.09 Å². The van der Waals surface area contributed by atoms with Gasteiger partial charge in [-0.3, -0.25) is 5.32 Å². The van der Waals surface area contributed by atoms with E-state index in [1.807, 2.05) is 0 Å². The Labute approximate surface area is 129 Å². The minimum absolute atomic E-state index is 0.131. The van der Waals surface area contributed by atoms with E-state index in [-0.39, 0.29) is 6.61 Å². The van der Waals surface area contributed by atoms with Crippen LogP contribution in [-0.2, 0) is 11.3 Å². The van der Waals surface area contributed by atoms with Crippen LogP contribution < -0.4 is 5.32 Å². The van der Waals surface area contributed by atoms with E-state index in [2.05, 4.69) is 15.3 Å². The summed E-state index contributed by atoms with van der Waals surface area (Å²) in [5, 5.41) is 11.8. The van der Waals surface area contributed by atoms with Crippen LogP contribution in [0, 0.1) is 0 Å². The molecule has 1 aromatic carbocycles. The third kappa shape index (κ3) is 4.53. The molecular formula is C16H19N3O3. The highest BCUT2D eigenvalue weighted by atomic mass is 16.6. The molecule has 0 saturated heterocycles. The fourth-order valence-corrected chi connectivity index (χ4v) is 1.75. The maximum atomic E-state index is 11.7. The van der Waals surface area contributed by atoms with Gasteiger partial charge in [0.15, 0.2) is 5.82 Å². The van der Waals surface area contributed by atoms with Gasteiger partial charge in [0, 0.05) is 17.4 Å². The lowest BCUT2D eigenvalue weighted by molar-refractivity contribution is 0.0636. The summed E-state index contributed by atoms with van der Waals surface area (Å²) in [6, 6.07) is 8.73. The van der Waals surface area contributed by atoms with Crippen LogP contribution in [-0.4, -0.2) is 26.8 Å². The lowest BCUT2D eigenvalue weighted by Gasteiger charge is -2.19. The first-order chi connectivity index (χ1) is 10.4. The topological polar surface area (TPSA) is 84.3 Å². The minimum Gasteiger partial charge on any atom is -0.444 e. The number of nitrogens with one attached hydrogen (secondary N) is 1. The highest BCUT2D eigenvalue weighted by Crippen LogP contribution is 2.19. The molecular weight excluding hydrogens is 282 g/mol. The molecule has 116 valence electrons. The molecule has 6 heteroatoms. The molecule has 1 aromatic heterocycles. The monoisotopic (exact) mass is 301 g/mol. The van der Waals surface area contributed by atoms with Crippen LogP contribution in [0.3, 0.4) is 0 Å². The van der Waals surface area contributed by atoms with Gasteiger partial charge in [-0.1, -0.05) is 0 Å². The van der Waals surface area contributed by atoms with Crippen LogP contribution in [0.5, 0.6) is 0 Å². The third-order valence-corrected chi connectivity index (χ3v) is 2.66. The van der Waals surface area contributed by atoms with E-state index in [0.29, 0.717) is 17.2 Å². The van der Waals surface area contributed by atoms with Crippen molar-refractivity contribution in [2.75, 3.05) is 5.32 Å². The quantitative estimate of drug-likeness (QED) is 0.910. The molecule has 0 atom stereocenters. The molecule has 1 heterocycles. The Morgan fingerprint density at radius 3 is 2.50 bits per heavy atom. The molecule has 2 aromatic rings. The Hall–Kier alpha value is -2.47. The van der Waals surface area contributed by atoms with Crippen molar-refractivity contribution in [3.8, 4) is 11.4 Å². The summed E-state index contributed by atoms with van der Waals surface area (Å²) in [7, 11) is 0. The average molecular weight is 301 g/mol. The highest BCUT2D eigenvalue weighted by Gasteiger charge is 2.16. The van der Waals surface area contributed by atoms with Crippen LogP contribution in [0.1, 0.15) is 26.5 Å². The first-order valence-corrected chi connectivity index (χ1v) is 6.90. The van der Waals surface area contributed by atoms with Gasteiger partial charge < -0.3 is 9.84 Å². The largest absolute Gasteiger partial charge is 0.444 e. The first kappa shape index (κ1) is 15.9. The number of carbonyl (C=O) groups is 1. The summed E-state index contributed by atoms with van der Waals surface area (Å²) in [5.41, 5.74) is 1.44. The zero-order valence-electron chi connectivity index (χ0n) is 12.8. The van der Waals surface area contributed by atoms with Crippen molar-refractivity contribution in [1.82, 2.24) is 9.97 Å². The lowest BCUT2D eigenvalue weighted by Crippen LogP contribution is -2.27. The van der Waals surface area contributed by atoms with Crippen molar-refractivity contribution in [3.05, 3.63) is 42.2 Å². The fraction of sp³-hybridized carbons (Fsp3) is 0.312. The number of hydrogen-bond acceptors (Lipinski definition) is 5. The molecule has 0 aliphatic heterocycles. The standard InChI is InChI=1S/C16H19N3O3/c1-16(2,3)22-15(21)19-12-6-4-11(5-7-12)14-17-9-8-13(10-20)18-14/h4-9,20H,10H2,1-3H3,(H,19,21). The predicted molar refractivity (Wildman–Crippen MR) is 83.2 cm³/mol. The van der Waals surface area contributed by atoms with Crippen LogP contribution in [0.4, 0.5) is 10.5 Å². The van der Waals surface area contributed by atoms with Crippen molar-refractivity contribution in [2.24, 2.45) is 0 Å². The normalized spacial score (nSPS) is 11.1. The number of aliphatic hydroxyl groups excluding tert-OH is 1. The summed E-state index contributed by atoms with van der Waals surface area (Å²) < 4.78 is 5.18. The van der Waals surface area contributed by atoms with Crippen LogP contribution in [0.2, 0.25) is 0 Å². The maximum absolute atomic E-state index is 11.7. The van der Waals surface area contributed by atoms with Crippen molar-refractivity contribution in [3.63, 3.8) is 0 Å². The SMILES string of the molecule is CC(C)(C)OC(=O)Nc1ccc(-c2nccc(CO)n2)cc1. The van der Waals surface area contributed by atoms with Gasteiger partial charge in [-0.25, -0.2) is 14.8 Å². The summed E-state index contributed by atoms with van der Waals surface area (Å²) >= 11 is 0. The smallest absolute Gasteiger partial charge is 0.412 e. The number of rotatable bonds is 3. The number of aliphatic hydroxyl groups is 1. The molecule has 22 heavy (non-hydrogen) atoms. The van der Waals surface area contributed by atoms with Crippen molar-refractivity contribution >= 4 is 11.8 Å². The number of amides is 1. The van der Waals surface area contributed by atoms with E-state index < -0.39 is 11.7 Å². The molecule has 0 aliphatic rings. The zero-order valence-corrected chi connectivity index (χ0v) is 12.8. The Morgan fingerprint density at radius 1 is 1.23 bits per heavy atom. The highest BCUT2D eigenvalue weighted by molar-refractivity contribution is 5.85. The number of aromatic nitrogens is 2. The summed E-state index contributed by atoms with van der Waals surface area (Å²) in [6.45, 7) is 5.29. The molecule has 0 spiro atoms. The Morgan fingerprint density at radius 2 is 1.91 bits per heavy atom. The van der Waals surface area contributed by atoms with Gasteiger partial charge in [0.1, 0.15) is 5.60 Å².